The van der Waals surface area contributed by atoms with Crippen LogP contribution in [0.5, 0.6) is 0 Å². The zero-order valence-corrected chi connectivity index (χ0v) is 20.1. The van der Waals surface area contributed by atoms with Crippen molar-refractivity contribution in [3.8, 4) is 0 Å². The predicted molar refractivity (Wildman–Crippen MR) is 121 cm³/mol. The predicted octanol–water partition coefficient (Wildman–Crippen LogP) is -0.0274. The van der Waals surface area contributed by atoms with Crippen LogP contribution in [0.2, 0.25) is 0 Å². The number of β-lactam (4-membered cyclic amide) rings is 1. The molecule has 3 amide bonds. The molecule has 1 aromatic rings. The number of hydrogen-bond donors (Lipinski definition) is 3. The summed E-state index contributed by atoms with van der Waals surface area (Å²) in [6.45, 7) is 0.935. The Balaban J connectivity index is 1.75. The van der Waals surface area contributed by atoms with Gasteiger partial charge in [0.1, 0.15) is 42.4 Å². The van der Waals surface area contributed by atoms with Crippen LogP contribution in [0.1, 0.15) is 12.6 Å². The van der Waals surface area contributed by atoms with Gasteiger partial charge in [0.2, 0.25) is 5.91 Å². The van der Waals surface area contributed by atoms with E-state index in [4.69, 9.17) is 21.2 Å². The molecule has 1 fully saturated rings. The summed E-state index contributed by atoms with van der Waals surface area (Å²) in [4.78, 5) is 69.8. The van der Waals surface area contributed by atoms with E-state index < -0.39 is 41.1 Å². The van der Waals surface area contributed by atoms with Gasteiger partial charge in [-0.1, -0.05) is 5.16 Å². The van der Waals surface area contributed by atoms with Gasteiger partial charge < -0.3 is 25.3 Å². The maximum absolute atomic E-state index is 12.9. The third-order valence-corrected chi connectivity index (χ3v) is 6.84. The number of carbonyl (C=O) groups excluding carboxylic acids is 4. The van der Waals surface area contributed by atoms with Crippen molar-refractivity contribution >= 4 is 75.2 Å². The van der Waals surface area contributed by atoms with Crippen molar-refractivity contribution in [3.05, 3.63) is 22.3 Å². The number of anilines is 1. The lowest BCUT2D eigenvalue weighted by atomic mass is 10.0. The van der Waals surface area contributed by atoms with Gasteiger partial charge in [-0.05, 0) is 0 Å². The Bertz CT molecular complexity index is 1100. The Kier molecular flexibility index (Phi) is 8.11. The van der Waals surface area contributed by atoms with E-state index in [1.807, 2.05) is 0 Å². The van der Waals surface area contributed by atoms with Gasteiger partial charge in [-0.2, -0.15) is 0 Å². The van der Waals surface area contributed by atoms with Crippen molar-refractivity contribution < 1.29 is 38.7 Å². The highest BCUT2D eigenvalue weighted by Crippen LogP contribution is 2.40. The van der Waals surface area contributed by atoms with Crippen LogP contribution >= 0.6 is 34.7 Å². The number of nitrogens with zero attached hydrogens (tertiary/aromatic N) is 3. The van der Waals surface area contributed by atoms with E-state index in [0.29, 0.717) is 0 Å². The number of thioether (sulfide) groups is 1. The number of hydrogen-bond acceptors (Lipinski definition) is 11. The number of oxime groups is 1. The van der Waals surface area contributed by atoms with Crippen LogP contribution < -0.4 is 10.6 Å². The molecule has 0 bridgehead atoms. The zero-order valence-electron chi connectivity index (χ0n) is 17.7. The molecule has 3 N–H and O–H groups in total. The second kappa shape index (κ2) is 10.8. The normalized spacial score (nSPS) is 19.7. The first kappa shape index (κ1) is 25.5. The van der Waals surface area contributed by atoms with Gasteiger partial charge in [-0.25, -0.2) is 9.78 Å². The number of amides is 3. The van der Waals surface area contributed by atoms with E-state index >= 15 is 0 Å². The van der Waals surface area contributed by atoms with E-state index in [2.05, 4.69) is 20.8 Å². The molecule has 16 heteroatoms. The lowest BCUT2D eigenvalue weighted by molar-refractivity contribution is -0.150. The largest absolute Gasteiger partial charge is 0.477 e. The summed E-state index contributed by atoms with van der Waals surface area (Å²) < 4.78 is 4.89. The third kappa shape index (κ3) is 5.31. The minimum atomic E-state index is -1.35. The Labute approximate surface area is 205 Å². The number of rotatable bonds is 9. The van der Waals surface area contributed by atoms with Crippen molar-refractivity contribution in [2.75, 3.05) is 30.7 Å². The molecule has 3 heterocycles. The number of halogens is 1. The van der Waals surface area contributed by atoms with Crippen LogP contribution in [0.3, 0.4) is 0 Å². The summed E-state index contributed by atoms with van der Waals surface area (Å²) in [5, 5.41) is 19.2. The number of nitrogens with one attached hydrogen (secondary N) is 2. The zero-order chi connectivity index (χ0) is 25.0. The number of carboxylic acids is 1. The Morgan fingerprint density at radius 2 is 2.12 bits per heavy atom. The topological polar surface area (TPSA) is 177 Å². The Morgan fingerprint density at radius 3 is 2.74 bits per heavy atom. The molecule has 13 nitrogen and oxygen atoms in total. The van der Waals surface area contributed by atoms with Gasteiger partial charge in [0.25, 0.3) is 11.8 Å². The second-order valence-electron chi connectivity index (χ2n) is 6.74. The average Bonchev–Trinajstić information content (AvgIpc) is 3.26. The summed E-state index contributed by atoms with van der Waals surface area (Å²) in [6, 6.07) is -1.03. The standard InChI is InChI=1S/C18H18ClN5O8S2/c1-7(25)32-4-8-5-33-16-12(15(28)24(16)13(8)17(29)30)22-14(27)11(23-31-2)9-6-34-18(20-9)21-10(26)3-19/h6,12,16H,3-5H2,1-2H3,(H,22,27)(H,29,30)(H,20,21,26). The van der Waals surface area contributed by atoms with Gasteiger partial charge in [-0.15, -0.1) is 34.7 Å². The first-order valence-corrected chi connectivity index (χ1v) is 11.9. The maximum Gasteiger partial charge on any atom is 0.352 e. The molecule has 0 aliphatic carbocycles. The molecule has 1 saturated heterocycles. The number of aromatic nitrogens is 1. The van der Waals surface area contributed by atoms with Crippen molar-refractivity contribution in [3.63, 3.8) is 0 Å². The lowest BCUT2D eigenvalue weighted by Crippen LogP contribution is -2.71. The summed E-state index contributed by atoms with van der Waals surface area (Å²) >= 11 is 7.69. The molecule has 0 aromatic carbocycles. The van der Waals surface area contributed by atoms with Crippen LogP contribution in [0, 0.1) is 0 Å². The van der Waals surface area contributed by atoms with Crippen LogP contribution in [-0.4, -0.2) is 87.1 Å². The molecule has 2 atom stereocenters. The molecule has 0 radical (unpaired) electrons. The summed E-state index contributed by atoms with van der Waals surface area (Å²) in [5.41, 5.74) is -0.158. The number of fused-ring (bicyclic) bond motifs is 1. The van der Waals surface area contributed by atoms with Gasteiger partial charge in [-0.3, -0.25) is 24.1 Å². The number of ether oxygens (including phenoxy) is 1. The molecule has 2 aliphatic rings. The molecule has 0 saturated carbocycles. The van der Waals surface area contributed by atoms with E-state index in [9.17, 15) is 29.1 Å². The smallest absolute Gasteiger partial charge is 0.352 e. The first-order valence-electron chi connectivity index (χ1n) is 9.45. The summed E-state index contributed by atoms with van der Waals surface area (Å²) in [7, 11) is 1.22. The fraction of sp³-hybridized carbons (Fsp3) is 0.389. The molecule has 2 aliphatic heterocycles. The second-order valence-corrected chi connectivity index (χ2v) is 8.97. The summed E-state index contributed by atoms with van der Waals surface area (Å²) in [6.07, 6.45) is 0. The van der Waals surface area contributed by atoms with Crippen molar-refractivity contribution in [2.24, 2.45) is 5.16 Å². The SMILES string of the molecule is CON=C(C(=O)NC1C(=O)N2C(C(=O)O)=C(COC(C)=O)CSC12)c1csc(NC(=O)CCl)n1. The lowest BCUT2D eigenvalue weighted by Gasteiger charge is -2.49. The van der Waals surface area contributed by atoms with Crippen molar-refractivity contribution in [1.82, 2.24) is 15.2 Å². The van der Waals surface area contributed by atoms with Crippen LogP contribution in [0.4, 0.5) is 5.13 Å². The van der Waals surface area contributed by atoms with Crippen LogP contribution in [0.25, 0.3) is 0 Å². The van der Waals surface area contributed by atoms with Crippen molar-refractivity contribution in [1.29, 1.82) is 0 Å². The highest BCUT2D eigenvalue weighted by molar-refractivity contribution is 8.00. The molecule has 1 aromatic heterocycles. The molecule has 182 valence electrons. The van der Waals surface area contributed by atoms with Gasteiger partial charge in [0, 0.05) is 23.6 Å². The minimum Gasteiger partial charge on any atom is -0.477 e. The number of carbonyl (C=O) groups is 5. The quantitative estimate of drug-likeness (QED) is 0.129. The molecule has 2 unspecified atom stereocenters. The fourth-order valence-electron chi connectivity index (χ4n) is 3.08. The molecule has 34 heavy (non-hydrogen) atoms. The van der Waals surface area contributed by atoms with E-state index in [1.165, 1.54) is 31.2 Å². The van der Waals surface area contributed by atoms with Crippen LogP contribution in [-0.2, 0) is 33.5 Å². The molecule has 0 spiro atoms. The highest BCUT2D eigenvalue weighted by Gasteiger charge is 2.54. The number of thiazole rings is 1. The van der Waals surface area contributed by atoms with Gasteiger partial charge in [0.15, 0.2) is 10.8 Å². The average molecular weight is 532 g/mol. The number of aliphatic carboxylic acids is 1. The number of esters is 1. The van der Waals surface area contributed by atoms with Gasteiger partial charge >= 0.3 is 11.9 Å². The van der Waals surface area contributed by atoms with Crippen molar-refractivity contribution in [2.45, 2.75) is 18.3 Å². The Morgan fingerprint density at radius 1 is 1.38 bits per heavy atom. The summed E-state index contributed by atoms with van der Waals surface area (Å²) in [5.74, 6) is -3.93. The molecule has 3 rings (SSSR count). The molecular weight excluding hydrogens is 514 g/mol. The van der Waals surface area contributed by atoms with Crippen LogP contribution in [0.15, 0.2) is 21.8 Å². The van der Waals surface area contributed by atoms with E-state index in [0.717, 1.165) is 16.2 Å². The third-order valence-electron chi connectivity index (χ3n) is 4.50. The first-order chi connectivity index (χ1) is 16.2. The fourth-order valence-corrected chi connectivity index (χ4v) is 5.19. The van der Waals surface area contributed by atoms with E-state index in [1.54, 1.807) is 0 Å². The van der Waals surface area contributed by atoms with Gasteiger partial charge in [0.05, 0.1) is 0 Å². The Hall–Kier alpha value is -3.17. The minimum absolute atomic E-state index is 0.0870. The maximum atomic E-state index is 12.9. The number of carboxylic acid groups (broad SMARTS) is 1. The highest BCUT2D eigenvalue weighted by atomic mass is 35.5. The number of alkyl halides is 1. The molecular formula is C18H18ClN5O8S2. The monoisotopic (exact) mass is 531 g/mol. The van der Waals surface area contributed by atoms with E-state index in [-0.39, 0.29) is 46.0 Å².